The Bertz CT molecular complexity index is 920. The molecule has 2 heterocycles. The summed E-state index contributed by atoms with van der Waals surface area (Å²) in [5, 5.41) is 10.3. The molecule has 0 fully saturated rings. The normalized spacial score (nSPS) is 11.6. The maximum Gasteiger partial charge on any atom is 0.267 e. The molecule has 0 aliphatic carbocycles. The minimum atomic E-state index is -3.82. The molecule has 0 radical (unpaired) electrons. The lowest BCUT2D eigenvalue weighted by Gasteiger charge is -2.07. The molecule has 23 heavy (non-hydrogen) atoms. The first-order valence-electron chi connectivity index (χ1n) is 6.94. The fraction of sp³-hybridized carbons (Fsp3) is 0.200. The van der Waals surface area contributed by atoms with E-state index in [1.165, 1.54) is 6.20 Å². The number of nitrogens with one attached hydrogen (secondary N) is 2. The van der Waals surface area contributed by atoms with Crippen LogP contribution in [0, 0.1) is 20.8 Å². The van der Waals surface area contributed by atoms with E-state index in [1.54, 1.807) is 13.8 Å². The summed E-state index contributed by atoms with van der Waals surface area (Å²) in [4.78, 5) is 0.115. The zero-order valence-electron chi connectivity index (χ0n) is 12.9. The molecule has 0 saturated carbocycles. The number of rotatable bonds is 4. The van der Waals surface area contributed by atoms with Crippen molar-refractivity contribution in [3.8, 4) is 11.1 Å². The Morgan fingerprint density at radius 3 is 2.43 bits per heavy atom. The number of hydrogen-bond acceptors (Lipinski definition) is 5. The molecule has 8 heteroatoms. The number of benzene rings is 1. The third kappa shape index (κ3) is 2.85. The molecule has 3 rings (SSSR count). The van der Waals surface area contributed by atoms with Gasteiger partial charge >= 0.3 is 0 Å². The Morgan fingerprint density at radius 1 is 1.13 bits per heavy atom. The summed E-state index contributed by atoms with van der Waals surface area (Å²) in [5.74, 6) is 0.0776. The van der Waals surface area contributed by atoms with E-state index in [-0.39, 0.29) is 10.8 Å². The van der Waals surface area contributed by atoms with Gasteiger partial charge in [-0.1, -0.05) is 35.0 Å². The highest BCUT2D eigenvalue weighted by Crippen LogP contribution is 2.30. The second-order valence-electron chi connectivity index (χ2n) is 5.30. The Morgan fingerprint density at radius 2 is 1.83 bits per heavy atom. The standard InChI is InChI=1S/C15H16N4O3S/c1-9-4-6-12(7-5-9)13-8-16-22-15(13)19-23(20,21)14-10(2)17-18-11(14)3/h4-8,19H,1-3H3,(H,17,18). The van der Waals surface area contributed by atoms with Crippen LogP contribution in [-0.4, -0.2) is 23.8 Å². The average molecular weight is 332 g/mol. The van der Waals surface area contributed by atoms with Crippen LogP contribution in [0.5, 0.6) is 0 Å². The van der Waals surface area contributed by atoms with E-state index in [0.29, 0.717) is 17.0 Å². The Labute approximate surface area is 133 Å². The summed E-state index contributed by atoms with van der Waals surface area (Å²) in [5.41, 5.74) is 3.36. The van der Waals surface area contributed by atoms with Crippen LogP contribution < -0.4 is 4.72 Å². The molecule has 0 saturated heterocycles. The van der Waals surface area contributed by atoms with Crippen LogP contribution >= 0.6 is 0 Å². The van der Waals surface area contributed by atoms with E-state index < -0.39 is 10.0 Å². The van der Waals surface area contributed by atoms with Crippen molar-refractivity contribution in [3.05, 3.63) is 47.4 Å². The van der Waals surface area contributed by atoms with E-state index in [1.807, 2.05) is 31.2 Å². The molecular formula is C15H16N4O3S. The van der Waals surface area contributed by atoms with Crippen molar-refractivity contribution >= 4 is 15.9 Å². The minimum Gasteiger partial charge on any atom is -0.337 e. The van der Waals surface area contributed by atoms with E-state index >= 15 is 0 Å². The van der Waals surface area contributed by atoms with Crippen LogP contribution in [0.15, 0.2) is 39.9 Å². The highest BCUT2D eigenvalue weighted by atomic mass is 32.2. The van der Waals surface area contributed by atoms with Crippen molar-refractivity contribution in [1.82, 2.24) is 15.4 Å². The van der Waals surface area contributed by atoms with Gasteiger partial charge in [0.25, 0.3) is 10.0 Å². The first-order valence-corrected chi connectivity index (χ1v) is 8.43. The van der Waals surface area contributed by atoms with Gasteiger partial charge in [0.15, 0.2) is 0 Å². The van der Waals surface area contributed by atoms with Gasteiger partial charge < -0.3 is 4.52 Å². The number of aromatic amines is 1. The zero-order valence-corrected chi connectivity index (χ0v) is 13.7. The van der Waals surface area contributed by atoms with Crippen molar-refractivity contribution in [2.24, 2.45) is 0 Å². The van der Waals surface area contributed by atoms with Crippen molar-refractivity contribution in [1.29, 1.82) is 0 Å². The van der Waals surface area contributed by atoms with Gasteiger partial charge in [-0.25, -0.2) is 13.1 Å². The SMILES string of the molecule is Cc1ccc(-c2cnoc2NS(=O)(=O)c2c(C)n[nH]c2C)cc1. The molecule has 0 spiro atoms. The maximum absolute atomic E-state index is 12.6. The monoisotopic (exact) mass is 332 g/mol. The molecule has 2 aromatic heterocycles. The lowest BCUT2D eigenvalue weighted by molar-refractivity contribution is 0.435. The van der Waals surface area contributed by atoms with Gasteiger partial charge in [0.1, 0.15) is 4.90 Å². The van der Waals surface area contributed by atoms with Crippen molar-refractivity contribution in [2.75, 3.05) is 4.72 Å². The highest BCUT2D eigenvalue weighted by Gasteiger charge is 2.25. The Kier molecular flexibility index (Phi) is 3.69. The zero-order chi connectivity index (χ0) is 16.6. The molecule has 0 aliphatic heterocycles. The largest absolute Gasteiger partial charge is 0.337 e. The summed E-state index contributed by atoms with van der Waals surface area (Å²) in [6, 6.07) is 7.64. The minimum absolute atomic E-state index is 0.0776. The van der Waals surface area contributed by atoms with Gasteiger partial charge in [-0.15, -0.1) is 0 Å². The van der Waals surface area contributed by atoms with E-state index in [0.717, 1.165) is 11.1 Å². The second-order valence-corrected chi connectivity index (χ2v) is 6.92. The molecule has 0 bridgehead atoms. The van der Waals surface area contributed by atoms with Gasteiger partial charge in [0, 0.05) is 0 Å². The quantitative estimate of drug-likeness (QED) is 0.765. The number of aromatic nitrogens is 3. The molecule has 1 aromatic carbocycles. The molecule has 0 atom stereocenters. The first kappa shape index (κ1) is 15.3. The molecule has 7 nitrogen and oxygen atoms in total. The number of nitrogens with zero attached hydrogens (tertiary/aromatic N) is 2. The number of H-pyrrole nitrogens is 1. The molecule has 0 unspecified atom stereocenters. The lowest BCUT2D eigenvalue weighted by atomic mass is 10.1. The summed E-state index contributed by atoms with van der Waals surface area (Å²) in [7, 11) is -3.82. The number of aryl methyl sites for hydroxylation is 3. The van der Waals surface area contributed by atoms with Crippen LogP contribution in [0.2, 0.25) is 0 Å². The summed E-state index contributed by atoms with van der Waals surface area (Å²) in [6.07, 6.45) is 1.48. The summed E-state index contributed by atoms with van der Waals surface area (Å²) in [6.45, 7) is 5.25. The predicted octanol–water partition coefficient (Wildman–Crippen LogP) is 2.79. The van der Waals surface area contributed by atoms with Crippen LogP contribution in [0.4, 0.5) is 5.88 Å². The summed E-state index contributed by atoms with van der Waals surface area (Å²) >= 11 is 0. The maximum atomic E-state index is 12.6. The first-order chi connectivity index (χ1) is 10.9. The molecule has 2 N–H and O–H groups in total. The number of anilines is 1. The highest BCUT2D eigenvalue weighted by molar-refractivity contribution is 7.92. The Hall–Kier alpha value is -2.61. The van der Waals surface area contributed by atoms with Crippen molar-refractivity contribution < 1.29 is 12.9 Å². The van der Waals surface area contributed by atoms with Crippen molar-refractivity contribution in [2.45, 2.75) is 25.7 Å². The molecule has 0 aliphatic rings. The third-order valence-electron chi connectivity index (χ3n) is 3.49. The number of sulfonamides is 1. The lowest BCUT2D eigenvalue weighted by Crippen LogP contribution is -2.14. The van der Waals surface area contributed by atoms with E-state index in [9.17, 15) is 8.42 Å². The predicted molar refractivity (Wildman–Crippen MR) is 85.5 cm³/mol. The second kappa shape index (κ2) is 5.54. The van der Waals surface area contributed by atoms with E-state index in [4.69, 9.17) is 4.52 Å². The van der Waals surface area contributed by atoms with Crippen LogP contribution in [0.1, 0.15) is 17.0 Å². The van der Waals surface area contributed by atoms with Gasteiger partial charge in [-0.2, -0.15) is 5.10 Å². The van der Waals surface area contributed by atoms with E-state index in [2.05, 4.69) is 20.1 Å². The number of hydrogen-bond donors (Lipinski definition) is 2. The van der Waals surface area contributed by atoms with Gasteiger partial charge in [-0.3, -0.25) is 5.10 Å². The fourth-order valence-corrected chi connectivity index (χ4v) is 3.74. The molecular weight excluding hydrogens is 316 g/mol. The topological polar surface area (TPSA) is 101 Å². The average Bonchev–Trinajstić information content (AvgIpc) is 3.06. The van der Waals surface area contributed by atoms with Crippen LogP contribution in [0.25, 0.3) is 11.1 Å². The van der Waals surface area contributed by atoms with Crippen LogP contribution in [-0.2, 0) is 10.0 Å². The molecule has 120 valence electrons. The van der Waals surface area contributed by atoms with Crippen molar-refractivity contribution in [3.63, 3.8) is 0 Å². The van der Waals surface area contributed by atoms with Gasteiger partial charge in [0.2, 0.25) is 5.88 Å². The fourth-order valence-electron chi connectivity index (χ4n) is 2.36. The van der Waals surface area contributed by atoms with Gasteiger partial charge in [0.05, 0.1) is 23.1 Å². The molecule has 3 aromatic rings. The van der Waals surface area contributed by atoms with Gasteiger partial charge in [-0.05, 0) is 26.3 Å². The molecule has 0 amide bonds. The third-order valence-corrected chi connectivity index (χ3v) is 5.08. The van der Waals surface area contributed by atoms with Crippen LogP contribution in [0.3, 0.4) is 0 Å². The summed E-state index contributed by atoms with van der Waals surface area (Å²) < 4.78 is 32.7. The Balaban J connectivity index is 1.99. The smallest absolute Gasteiger partial charge is 0.267 e.